The highest BCUT2D eigenvalue weighted by Crippen LogP contribution is 2.37. The third-order valence-electron chi connectivity index (χ3n) is 5.10. The molecule has 2 aromatic carbocycles. The molecule has 5 atom stereocenters. The van der Waals surface area contributed by atoms with Crippen LogP contribution in [0.1, 0.15) is 31.8 Å². The third kappa shape index (κ3) is 3.00. The van der Waals surface area contributed by atoms with E-state index in [1.807, 2.05) is 0 Å². The lowest BCUT2D eigenvalue weighted by atomic mass is 9.83. The minimum Gasteiger partial charge on any atom is -0.507 e. The molecule has 1 aliphatic carbocycles. The van der Waals surface area contributed by atoms with Crippen molar-refractivity contribution >= 4 is 11.6 Å². The topological polar surface area (TPSA) is 154 Å². The van der Waals surface area contributed by atoms with E-state index < -0.39 is 48.9 Å². The van der Waals surface area contributed by atoms with Gasteiger partial charge in [0.05, 0.1) is 17.7 Å². The Morgan fingerprint density at radius 3 is 2.21 bits per heavy atom. The molecular weight excluding hydrogens is 384 g/mol. The molecule has 1 aliphatic heterocycles. The van der Waals surface area contributed by atoms with Crippen LogP contribution in [0.4, 0.5) is 0 Å². The second kappa shape index (κ2) is 7.21. The first kappa shape index (κ1) is 19.5. The summed E-state index contributed by atoms with van der Waals surface area (Å²) in [5, 5.41) is 49.4. The maximum Gasteiger partial charge on any atom is 0.229 e. The van der Waals surface area contributed by atoms with Crippen LogP contribution in [0.2, 0.25) is 0 Å². The summed E-state index contributed by atoms with van der Waals surface area (Å²) in [6.07, 6.45) is -7.62. The van der Waals surface area contributed by atoms with Crippen LogP contribution in [0.5, 0.6) is 11.5 Å². The van der Waals surface area contributed by atoms with E-state index in [-0.39, 0.29) is 33.8 Å². The number of fused-ring (bicyclic) bond motifs is 2. The van der Waals surface area contributed by atoms with Crippen molar-refractivity contribution in [2.75, 3.05) is 6.61 Å². The number of rotatable bonds is 3. The fraction of sp³-hybridized carbons (Fsp3) is 0.300. The number of benzene rings is 2. The number of carbonyl (C=O) groups excluding carboxylic acids is 2. The number of ether oxygens (including phenoxy) is 2. The van der Waals surface area contributed by atoms with Crippen LogP contribution in [-0.2, 0) is 4.74 Å². The molecule has 0 spiro atoms. The van der Waals surface area contributed by atoms with E-state index in [1.54, 1.807) is 0 Å². The highest BCUT2D eigenvalue weighted by atomic mass is 16.7. The molecule has 1 heterocycles. The molecule has 152 valence electrons. The van der Waals surface area contributed by atoms with E-state index in [1.165, 1.54) is 36.4 Å². The second-order valence-corrected chi connectivity index (χ2v) is 6.85. The Labute approximate surface area is 164 Å². The van der Waals surface area contributed by atoms with Gasteiger partial charge < -0.3 is 35.0 Å². The number of aliphatic hydroxyl groups is 4. The summed E-state index contributed by atoms with van der Waals surface area (Å²) >= 11 is 0. The molecule has 1 saturated heterocycles. The zero-order chi connectivity index (χ0) is 20.9. The van der Waals surface area contributed by atoms with Gasteiger partial charge in [0.15, 0.2) is 5.78 Å². The second-order valence-electron chi connectivity index (χ2n) is 6.85. The van der Waals surface area contributed by atoms with Crippen LogP contribution >= 0.6 is 0 Å². The molecule has 5 N–H and O–H groups in total. The third-order valence-corrected chi connectivity index (χ3v) is 5.10. The molecule has 0 radical (unpaired) electrons. The predicted molar refractivity (Wildman–Crippen MR) is 95.8 cm³/mol. The van der Waals surface area contributed by atoms with Crippen molar-refractivity contribution in [2.45, 2.75) is 30.7 Å². The van der Waals surface area contributed by atoms with Gasteiger partial charge in [0.1, 0.15) is 35.9 Å². The van der Waals surface area contributed by atoms with Crippen LogP contribution in [-0.4, -0.2) is 74.4 Å². The standard InChI is InChI=1S/C20H18O9/c21-7-12-16(24)18(26)19(27)20(29-12)28-11-6-2-4-9-14(11)17(25)13-8(15(9)23)3-1-5-10(13)22/h1-6,12,16,18-22,24,26-27H,7H2/t12-,16-,18+,19-,20-/m0/s1. The molecule has 9 nitrogen and oxygen atoms in total. The fourth-order valence-corrected chi connectivity index (χ4v) is 3.58. The minimum absolute atomic E-state index is 0.0511. The number of aliphatic hydroxyl groups excluding tert-OH is 4. The Morgan fingerprint density at radius 1 is 0.862 bits per heavy atom. The lowest BCUT2D eigenvalue weighted by Crippen LogP contribution is -2.60. The van der Waals surface area contributed by atoms with Crippen LogP contribution in [0, 0.1) is 0 Å². The van der Waals surface area contributed by atoms with E-state index in [2.05, 4.69) is 0 Å². The van der Waals surface area contributed by atoms with Crippen molar-refractivity contribution in [1.82, 2.24) is 0 Å². The van der Waals surface area contributed by atoms with Gasteiger partial charge in [0.2, 0.25) is 12.1 Å². The summed E-state index contributed by atoms with van der Waals surface area (Å²) in [4.78, 5) is 25.8. The number of ketones is 2. The molecule has 0 amide bonds. The van der Waals surface area contributed by atoms with Gasteiger partial charge in [-0.05, 0) is 12.1 Å². The molecule has 4 rings (SSSR count). The van der Waals surface area contributed by atoms with Gasteiger partial charge in [0, 0.05) is 11.1 Å². The number of carbonyl (C=O) groups is 2. The monoisotopic (exact) mass is 402 g/mol. The maximum atomic E-state index is 13.0. The number of phenols is 1. The van der Waals surface area contributed by atoms with Crippen LogP contribution in [0.3, 0.4) is 0 Å². The number of phenolic OH excluding ortho intramolecular Hbond substituents is 1. The van der Waals surface area contributed by atoms with Crippen molar-refractivity contribution in [3.8, 4) is 11.5 Å². The largest absolute Gasteiger partial charge is 0.507 e. The SMILES string of the molecule is O=C1c2cccc(O)c2C(=O)c2c(O[C@H]3O[C@@H](CO)[C@H](O)[C@@H](O)[C@@H]3O)cccc21. The molecule has 2 aromatic rings. The number of hydrogen-bond donors (Lipinski definition) is 5. The van der Waals surface area contributed by atoms with Gasteiger partial charge in [-0.25, -0.2) is 0 Å². The maximum absolute atomic E-state index is 13.0. The van der Waals surface area contributed by atoms with Gasteiger partial charge in [-0.3, -0.25) is 9.59 Å². The van der Waals surface area contributed by atoms with E-state index in [0.717, 1.165) is 0 Å². The molecule has 1 fully saturated rings. The van der Waals surface area contributed by atoms with Gasteiger partial charge in [-0.1, -0.05) is 24.3 Å². The average Bonchev–Trinajstić information content (AvgIpc) is 2.72. The number of hydrogen-bond acceptors (Lipinski definition) is 9. The van der Waals surface area contributed by atoms with Gasteiger partial charge in [0.25, 0.3) is 0 Å². The van der Waals surface area contributed by atoms with Crippen molar-refractivity contribution < 1.29 is 44.6 Å². The molecule has 9 heteroatoms. The quantitative estimate of drug-likeness (QED) is 0.384. The van der Waals surface area contributed by atoms with Crippen LogP contribution < -0.4 is 4.74 Å². The van der Waals surface area contributed by atoms with E-state index in [9.17, 15) is 35.1 Å². The summed E-state index contributed by atoms with van der Waals surface area (Å²) in [7, 11) is 0. The Morgan fingerprint density at radius 2 is 1.52 bits per heavy atom. The van der Waals surface area contributed by atoms with E-state index >= 15 is 0 Å². The Bertz CT molecular complexity index is 984. The molecule has 29 heavy (non-hydrogen) atoms. The highest BCUT2D eigenvalue weighted by molar-refractivity contribution is 6.30. The minimum atomic E-state index is -1.68. The molecule has 2 aliphatic rings. The van der Waals surface area contributed by atoms with Gasteiger partial charge in [-0.15, -0.1) is 0 Å². The molecule has 0 aromatic heterocycles. The Kier molecular flexibility index (Phi) is 4.85. The summed E-state index contributed by atoms with van der Waals surface area (Å²) < 4.78 is 10.9. The zero-order valence-corrected chi connectivity index (χ0v) is 14.9. The van der Waals surface area contributed by atoms with Crippen LogP contribution in [0.25, 0.3) is 0 Å². The molecule has 0 unspecified atom stereocenters. The van der Waals surface area contributed by atoms with Gasteiger partial charge >= 0.3 is 0 Å². The Balaban J connectivity index is 1.74. The lowest BCUT2D eigenvalue weighted by Gasteiger charge is -2.39. The van der Waals surface area contributed by atoms with Crippen molar-refractivity contribution in [3.63, 3.8) is 0 Å². The van der Waals surface area contributed by atoms with E-state index in [0.29, 0.717) is 0 Å². The summed E-state index contributed by atoms with van der Waals surface area (Å²) in [6, 6.07) is 8.45. The zero-order valence-electron chi connectivity index (χ0n) is 14.9. The van der Waals surface area contributed by atoms with Crippen LogP contribution in [0.15, 0.2) is 36.4 Å². The van der Waals surface area contributed by atoms with E-state index in [4.69, 9.17) is 9.47 Å². The van der Waals surface area contributed by atoms with Gasteiger partial charge in [-0.2, -0.15) is 0 Å². The van der Waals surface area contributed by atoms with Crippen molar-refractivity contribution in [1.29, 1.82) is 0 Å². The number of aromatic hydroxyl groups is 1. The lowest BCUT2D eigenvalue weighted by molar-refractivity contribution is -0.277. The normalized spacial score (nSPS) is 28.6. The summed E-state index contributed by atoms with van der Waals surface area (Å²) in [6.45, 7) is -0.642. The summed E-state index contributed by atoms with van der Waals surface area (Å²) in [5.74, 6) is -1.59. The smallest absolute Gasteiger partial charge is 0.229 e. The Hall–Kier alpha value is -2.82. The molecular formula is C20H18O9. The fourth-order valence-electron chi connectivity index (χ4n) is 3.58. The first-order valence-electron chi connectivity index (χ1n) is 8.86. The first-order valence-corrected chi connectivity index (χ1v) is 8.86. The average molecular weight is 402 g/mol. The first-order chi connectivity index (χ1) is 13.8. The van der Waals surface area contributed by atoms with Crippen molar-refractivity contribution in [2.24, 2.45) is 0 Å². The molecule has 0 saturated carbocycles. The summed E-state index contributed by atoms with van der Waals surface area (Å²) in [5.41, 5.74) is -0.166. The highest BCUT2D eigenvalue weighted by Gasteiger charge is 2.45. The van der Waals surface area contributed by atoms with Crippen molar-refractivity contribution in [3.05, 3.63) is 58.7 Å². The molecule has 0 bridgehead atoms. The predicted octanol–water partition coefficient (Wildman–Crippen LogP) is -0.654.